The molecule has 178 valence electrons. The summed E-state index contributed by atoms with van der Waals surface area (Å²) in [4.78, 5) is 21.3. The van der Waals surface area contributed by atoms with Crippen LogP contribution in [-0.2, 0) is 13.6 Å². The Morgan fingerprint density at radius 1 is 1.17 bits per heavy atom. The lowest BCUT2D eigenvalue weighted by Gasteiger charge is -2.09. The number of aromatic nitrogens is 3. The van der Waals surface area contributed by atoms with Crippen LogP contribution in [0.15, 0.2) is 54.7 Å². The number of aromatic carboxylic acids is 1. The van der Waals surface area contributed by atoms with Crippen LogP contribution >= 0.6 is 11.6 Å². The summed E-state index contributed by atoms with van der Waals surface area (Å²) < 4.78 is 7.97. The molecule has 5 rings (SSSR count). The number of carbonyl (C=O) groups is 1. The molecule has 0 aliphatic carbocycles. The Hall–Kier alpha value is -3.81. The van der Waals surface area contributed by atoms with Crippen LogP contribution in [0, 0.1) is 6.92 Å². The van der Waals surface area contributed by atoms with E-state index in [4.69, 9.17) is 16.3 Å². The van der Waals surface area contributed by atoms with Gasteiger partial charge < -0.3 is 24.3 Å². The van der Waals surface area contributed by atoms with Gasteiger partial charge in [0, 0.05) is 36.3 Å². The fraction of sp³-hybridized carbons (Fsp3) is 0.185. The van der Waals surface area contributed by atoms with Crippen molar-refractivity contribution in [3.8, 4) is 22.9 Å². The Bertz CT molecular complexity index is 1600. The number of nitrogens with zero attached hydrogens (tertiary/aromatic N) is 3. The van der Waals surface area contributed by atoms with E-state index < -0.39 is 5.97 Å². The fourth-order valence-corrected chi connectivity index (χ4v) is 4.66. The molecule has 8 heteroatoms. The van der Waals surface area contributed by atoms with Crippen molar-refractivity contribution in [3.63, 3.8) is 0 Å². The fourth-order valence-electron chi connectivity index (χ4n) is 4.39. The van der Waals surface area contributed by atoms with Gasteiger partial charge in [0.15, 0.2) is 0 Å². The van der Waals surface area contributed by atoms with Crippen molar-refractivity contribution >= 4 is 39.5 Å². The van der Waals surface area contributed by atoms with Crippen molar-refractivity contribution in [3.05, 3.63) is 76.4 Å². The summed E-state index contributed by atoms with van der Waals surface area (Å²) in [6, 6.07) is 15.3. The van der Waals surface area contributed by atoms with Crippen LogP contribution in [0.2, 0.25) is 5.02 Å². The first-order valence-electron chi connectivity index (χ1n) is 11.1. The highest BCUT2D eigenvalue weighted by atomic mass is 35.5. The van der Waals surface area contributed by atoms with E-state index in [1.54, 1.807) is 19.1 Å². The van der Waals surface area contributed by atoms with E-state index in [1.165, 1.54) is 17.0 Å². The Morgan fingerprint density at radius 2 is 1.97 bits per heavy atom. The van der Waals surface area contributed by atoms with E-state index in [1.807, 2.05) is 12.1 Å². The van der Waals surface area contributed by atoms with E-state index in [0.29, 0.717) is 21.9 Å². The number of aryl methyl sites for hydroxylation is 2. The zero-order chi connectivity index (χ0) is 24.9. The number of halogens is 1. The maximum atomic E-state index is 11.4. The molecule has 7 nitrogen and oxygen atoms in total. The highest BCUT2D eigenvalue weighted by Gasteiger charge is 2.15. The maximum absolute atomic E-state index is 11.4. The summed E-state index contributed by atoms with van der Waals surface area (Å²) in [5, 5.41) is 11.2. The van der Waals surface area contributed by atoms with E-state index in [2.05, 4.69) is 65.0 Å². The van der Waals surface area contributed by atoms with Gasteiger partial charge in [-0.3, -0.25) is 0 Å². The quantitative estimate of drug-likeness (QED) is 0.296. The van der Waals surface area contributed by atoms with Crippen molar-refractivity contribution in [1.29, 1.82) is 0 Å². The van der Waals surface area contributed by atoms with Gasteiger partial charge in [0.25, 0.3) is 6.01 Å². The first kappa shape index (κ1) is 23.0. The average Bonchev–Trinajstić information content (AvgIpc) is 3.33. The van der Waals surface area contributed by atoms with Crippen LogP contribution in [0.3, 0.4) is 0 Å². The van der Waals surface area contributed by atoms with Crippen LogP contribution < -0.4 is 4.74 Å². The third kappa shape index (κ3) is 4.36. The molecular weight excluding hydrogens is 464 g/mol. The Balaban J connectivity index is 1.52. The Labute approximate surface area is 207 Å². The highest BCUT2D eigenvalue weighted by Crippen LogP contribution is 2.35. The van der Waals surface area contributed by atoms with Gasteiger partial charge in [-0.2, -0.15) is 4.98 Å². The second kappa shape index (κ2) is 8.76. The third-order valence-electron chi connectivity index (χ3n) is 6.07. The minimum Gasteiger partial charge on any atom is -0.478 e. The molecule has 0 atom stereocenters. The smallest absolute Gasteiger partial charge is 0.336 e. The molecule has 0 bridgehead atoms. The van der Waals surface area contributed by atoms with Gasteiger partial charge in [0.05, 0.1) is 21.6 Å². The van der Waals surface area contributed by atoms with Crippen molar-refractivity contribution in [1.82, 2.24) is 19.4 Å². The number of imidazole rings is 1. The molecule has 0 radical (unpaired) electrons. The van der Waals surface area contributed by atoms with Gasteiger partial charge in [-0.1, -0.05) is 23.7 Å². The molecule has 3 aromatic carbocycles. The van der Waals surface area contributed by atoms with Crippen molar-refractivity contribution in [2.24, 2.45) is 7.05 Å². The third-order valence-corrected chi connectivity index (χ3v) is 6.39. The highest BCUT2D eigenvalue weighted by molar-refractivity contribution is 6.34. The molecule has 35 heavy (non-hydrogen) atoms. The lowest BCUT2D eigenvalue weighted by Crippen LogP contribution is -2.10. The predicted molar refractivity (Wildman–Crippen MR) is 139 cm³/mol. The number of hydrogen-bond donors (Lipinski definition) is 2. The van der Waals surface area contributed by atoms with Gasteiger partial charge in [-0.15, -0.1) is 0 Å². The summed E-state index contributed by atoms with van der Waals surface area (Å²) >= 11 is 6.69. The molecule has 0 saturated carbocycles. The number of hydrogen-bond acceptors (Lipinski definition) is 4. The normalized spacial score (nSPS) is 11.6. The molecule has 0 fully saturated rings. The van der Waals surface area contributed by atoms with E-state index >= 15 is 0 Å². The van der Waals surface area contributed by atoms with Crippen LogP contribution in [-0.4, -0.2) is 44.6 Å². The van der Waals surface area contributed by atoms with Crippen molar-refractivity contribution < 1.29 is 14.6 Å². The molecule has 0 aliphatic heterocycles. The molecule has 5 aromatic rings. The topological polar surface area (TPSA) is 83.4 Å². The Kier molecular flexibility index (Phi) is 5.75. The Morgan fingerprint density at radius 3 is 2.71 bits per heavy atom. The molecular formula is C27H25ClN4O3. The van der Waals surface area contributed by atoms with Crippen LogP contribution in [0.25, 0.3) is 33.1 Å². The monoisotopic (exact) mass is 488 g/mol. The largest absolute Gasteiger partial charge is 0.478 e. The lowest BCUT2D eigenvalue weighted by molar-refractivity contribution is 0.0695. The molecule has 2 aromatic heterocycles. The number of benzene rings is 3. The van der Waals surface area contributed by atoms with Gasteiger partial charge in [0.1, 0.15) is 5.75 Å². The maximum Gasteiger partial charge on any atom is 0.336 e. The van der Waals surface area contributed by atoms with Gasteiger partial charge in [-0.25, -0.2) is 4.79 Å². The summed E-state index contributed by atoms with van der Waals surface area (Å²) in [6.07, 6.45) is 2.16. The number of carboxylic acid groups (broad SMARTS) is 1. The van der Waals surface area contributed by atoms with Gasteiger partial charge >= 0.3 is 5.97 Å². The molecule has 2 heterocycles. The van der Waals surface area contributed by atoms with Gasteiger partial charge in [0.2, 0.25) is 0 Å². The minimum atomic E-state index is -1.00. The van der Waals surface area contributed by atoms with Crippen molar-refractivity contribution in [2.45, 2.75) is 13.5 Å². The first-order valence-corrected chi connectivity index (χ1v) is 11.5. The molecule has 0 unspecified atom stereocenters. The van der Waals surface area contributed by atoms with Crippen LogP contribution in [0.5, 0.6) is 11.8 Å². The molecule has 2 N–H and O–H groups in total. The SMILES string of the molecule is Cc1ccc(Oc2nc3cc(-c4ccc5c(c4)c(CN(C)C)cn5C)c(Cl)cc3[nH]2)cc1C(=O)O. The summed E-state index contributed by atoms with van der Waals surface area (Å²) in [7, 11) is 6.17. The number of aromatic amines is 1. The first-order chi connectivity index (χ1) is 16.7. The lowest BCUT2D eigenvalue weighted by atomic mass is 10.0. The standard InChI is InChI=1S/C27H25ClN4O3/c1-15-5-7-18(10-19(15)26(33)34)35-27-29-23-11-20(22(28)12-24(23)30-27)16-6-8-25-21(9-16)17(13-31(2)3)14-32(25)4/h5-12,14H,13H2,1-4H3,(H,29,30)(H,33,34). The second-order valence-electron chi connectivity index (χ2n) is 9.01. The van der Waals surface area contributed by atoms with Crippen LogP contribution in [0.1, 0.15) is 21.5 Å². The number of nitrogens with one attached hydrogen (secondary N) is 1. The van der Waals surface area contributed by atoms with Crippen molar-refractivity contribution in [2.75, 3.05) is 14.1 Å². The minimum absolute atomic E-state index is 0.189. The zero-order valence-electron chi connectivity index (χ0n) is 19.9. The van der Waals surface area contributed by atoms with Gasteiger partial charge in [-0.05, 0) is 74.1 Å². The number of rotatable bonds is 6. The number of ether oxygens (including phenoxy) is 1. The number of fused-ring (bicyclic) bond motifs is 2. The molecule has 0 saturated heterocycles. The summed E-state index contributed by atoms with van der Waals surface area (Å²) in [6.45, 7) is 2.59. The van der Waals surface area contributed by atoms with E-state index in [-0.39, 0.29) is 11.6 Å². The number of carboxylic acids is 1. The average molecular weight is 489 g/mol. The summed E-state index contributed by atoms with van der Waals surface area (Å²) in [5.41, 5.74) is 6.58. The molecule has 0 aliphatic rings. The second-order valence-corrected chi connectivity index (χ2v) is 9.42. The van der Waals surface area contributed by atoms with E-state index in [9.17, 15) is 9.90 Å². The predicted octanol–water partition coefficient (Wildman–Crippen LogP) is 6.24. The van der Waals surface area contributed by atoms with Crippen LogP contribution in [0.4, 0.5) is 0 Å². The number of H-pyrrole nitrogens is 1. The zero-order valence-corrected chi connectivity index (χ0v) is 20.6. The van der Waals surface area contributed by atoms with E-state index in [0.717, 1.165) is 28.7 Å². The molecule has 0 amide bonds. The summed E-state index contributed by atoms with van der Waals surface area (Å²) in [5.74, 6) is -0.612. The molecule has 0 spiro atoms.